The summed E-state index contributed by atoms with van der Waals surface area (Å²) < 4.78 is 38.1. The number of carbonyl (C=O) groups excluding carboxylic acids is 2. The van der Waals surface area contributed by atoms with E-state index in [9.17, 15) is 18.0 Å². The molecule has 8 nitrogen and oxygen atoms in total. The molecule has 1 amide bonds. The molecule has 29 heavy (non-hydrogen) atoms. The first-order chi connectivity index (χ1) is 13.8. The van der Waals surface area contributed by atoms with E-state index in [1.807, 2.05) is 0 Å². The topological polar surface area (TPSA) is 111 Å². The van der Waals surface area contributed by atoms with Gasteiger partial charge in [-0.05, 0) is 50.8 Å². The molecule has 0 spiro atoms. The van der Waals surface area contributed by atoms with Crippen molar-refractivity contribution in [3.05, 3.63) is 23.8 Å². The van der Waals surface area contributed by atoms with Crippen molar-refractivity contribution in [2.45, 2.75) is 75.0 Å². The largest absolute Gasteiger partial charge is 0.495 e. The highest BCUT2D eigenvalue weighted by Gasteiger charge is 2.31. The second-order valence-electron chi connectivity index (χ2n) is 7.65. The maximum absolute atomic E-state index is 12.6. The summed E-state index contributed by atoms with van der Waals surface area (Å²) >= 11 is 0. The van der Waals surface area contributed by atoms with Crippen LogP contribution in [0.4, 0.5) is 0 Å². The Morgan fingerprint density at radius 2 is 1.76 bits per heavy atom. The van der Waals surface area contributed by atoms with E-state index in [1.165, 1.54) is 38.7 Å². The lowest BCUT2D eigenvalue weighted by atomic mass is 9.95. The molecule has 2 aliphatic carbocycles. The first-order valence-corrected chi connectivity index (χ1v) is 11.5. The number of hydrogen-bond acceptors (Lipinski definition) is 6. The second kappa shape index (κ2) is 9.13. The number of ether oxygens (including phenoxy) is 2. The lowest BCUT2D eigenvalue weighted by Crippen LogP contribution is -2.42. The van der Waals surface area contributed by atoms with Gasteiger partial charge in [0.1, 0.15) is 10.6 Å². The van der Waals surface area contributed by atoms with Crippen LogP contribution in [0.5, 0.6) is 5.75 Å². The predicted molar refractivity (Wildman–Crippen MR) is 106 cm³/mol. The van der Waals surface area contributed by atoms with Crippen LogP contribution in [-0.4, -0.2) is 45.6 Å². The van der Waals surface area contributed by atoms with Crippen LogP contribution >= 0.6 is 0 Å². The lowest BCUT2D eigenvalue weighted by Gasteiger charge is -2.24. The van der Waals surface area contributed by atoms with Gasteiger partial charge in [0.05, 0.1) is 12.7 Å². The molecule has 2 aliphatic rings. The Kier molecular flexibility index (Phi) is 6.79. The molecule has 1 aromatic carbocycles. The Morgan fingerprint density at radius 3 is 2.38 bits per heavy atom. The van der Waals surface area contributed by atoms with Crippen molar-refractivity contribution in [1.82, 2.24) is 10.0 Å². The molecule has 3 rings (SSSR count). The van der Waals surface area contributed by atoms with E-state index < -0.39 is 22.1 Å². The molecule has 0 heterocycles. The monoisotopic (exact) mass is 424 g/mol. The third-order valence-corrected chi connectivity index (χ3v) is 6.73. The Hall–Kier alpha value is -2.13. The zero-order chi connectivity index (χ0) is 21.0. The van der Waals surface area contributed by atoms with Crippen LogP contribution in [0, 0.1) is 0 Å². The van der Waals surface area contributed by atoms with E-state index >= 15 is 0 Å². The average Bonchev–Trinajstić information content (AvgIpc) is 3.51. The van der Waals surface area contributed by atoms with E-state index in [2.05, 4.69) is 10.0 Å². The molecule has 0 aromatic heterocycles. The normalized spacial score (nSPS) is 18.7. The number of methoxy groups -OCH3 is 1. The van der Waals surface area contributed by atoms with Crippen LogP contribution in [0.25, 0.3) is 0 Å². The zero-order valence-electron chi connectivity index (χ0n) is 16.8. The molecule has 1 aromatic rings. The summed E-state index contributed by atoms with van der Waals surface area (Å²) in [4.78, 5) is 24.7. The van der Waals surface area contributed by atoms with E-state index in [1.54, 1.807) is 0 Å². The molecular formula is C20H28N2O6S. The molecule has 2 fully saturated rings. The van der Waals surface area contributed by atoms with Gasteiger partial charge >= 0.3 is 5.97 Å². The number of carbonyl (C=O) groups is 2. The number of amides is 1. The van der Waals surface area contributed by atoms with Crippen molar-refractivity contribution in [2.24, 2.45) is 0 Å². The van der Waals surface area contributed by atoms with Crippen LogP contribution < -0.4 is 14.8 Å². The summed E-state index contributed by atoms with van der Waals surface area (Å²) in [7, 11) is -2.46. The lowest BCUT2D eigenvalue weighted by molar-refractivity contribution is -0.130. The van der Waals surface area contributed by atoms with Gasteiger partial charge in [0.15, 0.2) is 6.10 Å². The summed E-state index contributed by atoms with van der Waals surface area (Å²) in [6.45, 7) is 1.51. The summed E-state index contributed by atoms with van der Waals surface area (Å²) in [5.74, 6) is -0.971. The van der Waals surface area contributed by atoms with E-state index in [4.69, 9.17) is 9.47 Å². The van der Waals surface area contributed by atoms with E-state index in [0.29, 0.717) is 0 Å². The van der Waals surface area contributed by atoms with Crippen molar-refractivity contribution in [3.8, 4) is 5.75 Å². The first-order valence-electron chi connectivity index (χ1n) is 10.0. The minimum absolute atomic E-state index is 0.0410. The van der Waals surface area contributed by atoms with Gasteiger partial charge in [-0.15, -0.1) is 0 Å². The third-order valence-electron chi connectivity index (χ3n) is 5.19. The number of benzene rings is 1. The second-order valence-corrected chi connectivity index (χ2v) is 9.33. The minimum atomic E-state index is -3.82. The minimum Gasteiger partial charge on any atom is -0.495 e. The molecule has 0 unspecified atom stereocenters. The van der Waals surface area contributed by atoms with Crippen molar-refractivity contribution in [2.75, 3.05) is 7.11 Å². The Labute approximate surface area is 171 Å². The number of esters is 1. The SMILES string of the molecule is COc1ccc(C(=O)O[C@@H](C)C(=O)NC2CCCCC2)cc1S(=O)(=O)NC1CC1. The summed E-state index contributed by atoms with van der Waals surface area (Å²) in [5.41, 5.74) is 0.0410. The fourth-order valence-electron chi connectivity index (χ4n) is 3.35. The predicted octanol–water partition coefficient (Wildman–Crippen LogP) is 2.13. The van der Waals surface area contributed by atoms with Gasteiger partial charge < -0.3 is 14.8 Å². The fraction of sp³-hybridized carbons (Fsp3) is 0.600. The first kappa shape index (κ1) is 21.6. The molecule has 0 saturated heterocycles. The standard InChI is InChI=1S/C20H28N2O6S/c1-13(19(23)21-15-6-4-3-5-7-15)28-20(24)14-8-11-17(27-2)18(12-14)29(25,26)22-16-9-10-16/h8,11-13,15-16,22H,3-7,9-10H2,1-2H3,(H,21,23)/t13-/m0/s1. The molecule has 1 atom stereocenters. The molecule has 9 heteroatoms. The van der Waals surface area contributed by atoms with Crippen LogP contribution in [-0.2, 0) is 19.6 Å². The molecule has 2 N–H and O–H groups in total. The van der Waals surface area contributed by atoms with Gasteiger partial charge in [-0.25, -0.2) is 17.9 Å². The van der Waals surface area contributed by atoms with Gasteiger partial charge in [0.2, 0.25) is 10.0 Å². The molecule has 2 saturated carbocycles. The van der Waals surface area contributed by atoms with Crippen molar-refractivity contribution < 1.29 is 27.5 Å². The van der Waals surface area contributed by atoms with Crippen LogP contribution in [0.1, 0.15) is 62.2 Å². The van der Waals surface area contributed by atoms with Gasteiger partial charge in [0.25, 0.3) is 5.91 Å². The number of nitrogens with one attached hydrogen (secondary N) is 2. The highest BCUT2D eigenvalue weighted by Crippen LogP contribution is 2.28. The van der Waals surface area contributed by atoms with Crippen molar-refractivity contribution in [3.63, 3.8) is 0 Å². The highest BCUT2D eigenvalue weighted by molar-refractivity contribution is 7.89. The van der Waals surface area contributed by atoms with Crippen LogP contribution in [0.15, 0.2) is 23.1 Å². The summed E-state index contributed by atoms with van der Waals surface area (Å²) in [6.07, 6.45) is 5.80. The number of sulfonamides is 1. The Morgan fingerprint density at radius 1 is 1.07 bits per heavy atom. The molecule has 0 radical (unpaired) electrons. The molecular weight excluding hydrogens is 396 g/mol. The maximum atomic E-state index is 12.6. The van der Waals surface area contributed by atoms with Gasteiger partial charge in [-0.3, -0.25) is 4.79 Å². The third kappa shape index (κ3) is 5.70. The summed E-state index contributed by atoms with van der Waals surface area (Å²) in [5, 5.41) is 2.92. The smallest absolute Gasteiger partial charge is 0.338 e. The summed E-state index contributed by atoms with van der Waals surface area (Å²) in [6, 6.07) is 4.08. The quantitative estimate of drug-likeness (QED) is 0.619. The average molecular weight is 425 g/mol. The van der Waals surface area contributed by atoms with Crippen LogP contribution in [0.2, 0.25) is 0 Å². The maximum Gasteiger partial charge on any atom is 0.338 e. The molecule has 0 aliphatic heterocycles. The highest BCUT2D eigenvalue weighted by atomic mass is 32.2. The van der Waals surface area contributed by atoms with Gasteiger partial charge in [-0.1, -0.05) is 19.3 Å². The Bertz CT molecular complexity index is 860. The van der Waals surface area contributed by atoms with Crippen molar-refractivity contribution in [1.29, 1.82) is 0 Å². The van der Waals surface area contributed by atoms with Gasteiger partial charge in [0, 0.05) is 12.1 Å². The van der Waals surface area contributed by atoms with Gasteiger partial charge in [-0.2, -0.15) is 0 Å². The van der Waals surface area contributed by atoms with Crippen LogP contribution in [0.3, 0.4) is 0 Å². The van der Waals surface area contributed by atoms with E-state index in [-0.39, 0.29) is 34.2 Å². The van der Waals surface area contributed by atoms with E-state index in [0.717, 1.165) is 38.5 Å². The fourth-order valence-corrected chi connectivity index (χ4v) is 4.85. The number of rotatable bonds is 8. The van der Waals surface area contributed by atoms with Crippen molar-refractivity contribution >= 4 is 21.9 Å². The Balaban J connectivity index is 1.68. The molecule has 0 bridgehead atoms. The molecule has 160 valence electrons. The zero-order valence-corrected chi connectivity index (χ0v) is 17.6. The number of hydrogen-bond donors (Lipinski definition) is 2.